The maximum atomic E-state index is 12.5. The van der Waals surface area contributed by atoms with E-state index in [9.17, 15) is 13.7 Å². The molecule has 0 saturated heterocycles. The fraction of sp³-hybridized carbons (Fsp3) is 0.133. The number of aryl methyl sites for hydroxylation is 1. The lowest BCUT2D eigenvalue weighted by atomic mass is 10.2. The van der Waals surface area contributed by atoms with Crippen LogP contribution in [0.4, 0.5) is 0 Å². The molecule has 0 N–H and O–H groups in total. The van der Waals surface area contributed by atoms with E-state index in [1.165, 1.54) is 0 Å². The van der Waals surface area contributed by atoms with Gasteiger partial charge in [-0.2, -0.15) is 5.26 Å². The number of nitrogens with zero attached hydrogens (tertiary/aromatic N) is 1. The van der Waals surface area contributed by atoms with Crippen molar-refractivity contribution in [3.8, 4) is 6.07 Å². The molecule has 1 atom stereocenters. The molecule has 1 unspecified atom stereocenters. The molecule has 2 aromatic rings. The number of nitriles is 1. The van der Waals surface area contributed by atoms with Crippen LogP contribution in [0.15, 0.2) is 53.4 Å². The van der Waals surface area contributed by atoms with Gasteiger partial charge in [0.15, 0.2) is 15.1 Å². The second-order valence-corrected chi connectivity index (χ2v) is 7.70. The molecule has 0 spiro atoms. The van der Waals surface area contributed by atoms with E-state index in [1.54, 1.807) is 48.5 Å². The van der Waals surface area contributed by atoms with Crippen LogP contribution >= 0.6 is 22.6 Å². The lowest BCUT2D eigenvalue weighted by molar-refractivity contribution is 0.591. The van der Waals surface area contributed by atoms with Gasteiger partial charge in [-0.1, -0.05) is 29.8 Å². The average molecular weight is 397 g/mol. The van der Waals surface area contributed by atoms with Crippen molar-refractivity contribution in [1.29, 1.82) is 5.26 Å². The van der Waals surface area contributed by atoms with Crippen LogP contribution in [0.25, 0.3) is 0 Å². The van der Waals surface area contributed by atoms with Crippen LogP contribution in [0, 0.1) is 21.8 Å². The highest BCUT2D eigenvalue weighted by Gasteiger charge is 2.28. The van der Waals surface area contributed by atoms with E-state index in [4.69, 9.17) is 0 Å². The second-order valence-electron chi connectivity index (χ2n) is 4.42. The number of sulfone groups is 1. The Morgan fingerprint density at radius 2 is 1.60 bits per heavy atom. The van der Waals surface area contributed by atoms with Crippen molar-refractivity contribution in [3.05, 3.63) is 63.2 Å². The summed E-state index contributed by atoms with van der Waals surface area (Å²) in [4.78, 5) is 0.174. The van der Waals surface area contributed by atoms with Crippen LogP contribution in [0.3, 0.4) is 0 Å². The van der Waals surface area contributed by atoms with E-state index >= 15 is 0 Å². The van der Waals surface area contributed by atoms with E-state index < -0.39 is 15.1 Å². The largest absolute Gasteiger partial charge is 0.222 e. The Kier molecular flexibility index (Phi) is 4.45. The van der Waals surface area contributed by atoms with Crippen LogP contribution in [0.2, 0.25) is 0 Å². The molecule has 0 aromatic heterocycles. The fourth-order valence-corrected chi connectivity index (χ4v) is 3.63. The third-order valence-electron chi connectivity index (χ3n) is 2.95. The van der Waals surface area contributed by atoms with Crippen LogP contribution in [-0.2, 0) is 9.84 Å². The van der Waals surface area contributed by atoms with Gasteiger partial charge in [0.25, 0.3) is 0 Å². The zero-order valence-corrected chi connectivity index (χ0v) is 13.7. The third-order valence-corrected chi connectivity index (χ3v) is 5.60. The van der Waals surface area contributed by atoms with Gasteiger partial charge in [-0.05, 0) is 59.3 Å². The fourth-order valence-electron chi connectivity index (χ4n) is 1.82. The quantitative estimate of drug-likeness (QED) is 0.744. The molecule has 0 saturated carbocycles. The highest BCUT2D eigenvalue weighted by atomic mass is 127. The molecule has 0 aliphatic rings. The first-order valence-electron chi connectivity index (χ1n) is 5.91. The monoisotopic (exact) mass is 397 g/mol. The van der Waals surface area contributed by atoms with Crippen LogP contribution in [0.1, 0.15) is 16.4 Å². The number of hydrogen-bond acceptors (Lipinski definition) is 3. The SMILES string of the molecule is Cc1ccc(S(=O)(=O)C(C#N)c2ccc(I)cc2)cc1. The standard InChI is InChI=1S/C15H12INO2S/c1-11-2-8-14(9-3-11)20(18,19)15(10-17)12-4-6-13(16)7-5-12/h2-9,15H,1H3. The second kappa shape index (κ2) is 5.94. The Morgan fingerprint density at radius 3 is 2.10 bits per heavy atom. The van der Waals surface area contributed by atoms with Gasteiger partial charge in [-0.3, -0.25) is 0 Å². The predicted molar refractivity (Wildman–Crippen MR) is 85.9 cm³/mol. The molecule has 102 valence electrons. The van der Waals surface area contributed by atoms with Gasteiger partial charge in [0.2, 0.25) is 0 Å². The highest BCUT2D eigenvalue weighted by Crippen LogP contribution is 2.28. The van der Waals surface area contributed by atoms with Gasteiger partial charge in [0, 0.05) is 3.57 Å². The molecule has 0 aliphatic carbocycles. The number of halogens is 1. The molecule has 3 nitrogen and oxygen atoms in total. The summed E-state index contributed by atoms with van der Waals surface area (Å²) in [6.07, 6.45) is 0. The van der Waals surface area contributed by atoms with Gasteiger partial charge in [-0.25, -0.2) is 8.42 Å². The lowest BCUT2D eigenvalue weighted by Crippen LogP contribution is -2.12. The van der Waals surface area contributed by atoms with E-state index in [0.717, 1.165) is 9.13 Å². The minimum absolute atomic E-state index is 0.174. The van der Waals surface area contributed by atoms with Crippen molar-refractivity contribution in [2.24, 2.45) is 0 Å². The Labute approximate surface area is 132 Å². The normalized spacial score (nSPS) is 12.7. The molecule has 0 fully saturated rings. The summed E-state index contributed by atoms with van der Waals surface area (Å²) >= 11 is 2.14. The Balaban J connectivity index is 2.48. The molecule has 0 heterocycles. The summed E-state index contributed by atoms with van der Waals surface area (Å²) < 4.78 is 26.1. The molecule has 20 heavy (non-hydrogen) atoms. The zero-order valence-electron chi connectivity index (χ0n) is 10.7. The van der Waals surface area contributed by atoms with Crippen molar-refractivity contribution >= 4 is 32.4 Å². The van der Waals surface area contributed by atoms with Crippen LogP contribution < -0.4 is 0 Å². The van der Waals surface area contributed by atoms with Gasteiger partial charge in [0.05, 0.1) is 11.0 Å². The van der Waals surface area contributed by atoms with Crippen molar-refractivity contribution in [2.75, 3.05) is 0 Å². The molecule has 2 aromatic carbocycles. The van der Waals surface area contributed by atoms with Crippen molar-refractivity contribution in [3.63, 3.8) is 0 Å². The topological polar surface area (TPSA) is 57.9 Å². The molecule has 2 rings (SSSR count). The molecule has 0 amide bonds. The maximum absolute atomic E-state index is 12.5. The smallest absolute Gasteiger partial charge is 0.198 e. The molecular formula is C15H12INO2S. The summed E-state index contributed by atoms with van der Waals surface area (Å²) in [7, 11) is -3.70. The minimum atomic E-state index is -3.70. The maximum Gasteiger partial charge on any atom is 0.198 e. The minimum Gasteiger partial charge on any atom is -0.222 e. The summed E-state index contributed by atoms with van der Waals surface area (Å²) in [5, 5.41) is 8.09. The zero-order chi connectivity index (χ0) is 14.8. The van der Waals surface area contributed by atoms with E-state index in [0.29, 0.717) is 5.56 Å². The summed E-state index contributed by atoms with van der Waals surface area (Å²) in [5.41, 5.74) is 1.47. The molecular weight excluding hydrogens is 385 g/mol. The molecule has 0 bridgehead atoms. The van der Waals surface area contributed by atoms with Gasteiger partial charge in [0.1, 0.15) is 0 Å². The van der Waals surface area contributed by atoms with Crippen molar-refractivity contribution in [2.45, 2.75) is 17.1 Å². The predicted octanol–water partition coefficient (Wildman–Crippen LogP) is 3.64. The Morgan fingerprint density at radius 1 is 1.05 bits per heavy atom. The first kappa shape index (κ1) is 15.0. The van der Waals surface area contributed by atoms with E-state index in [-0.39, 0.29) is 4.90 Å². The van der Waals surface area contributed by atoms with Gasteiger partial charge in [-0.15, -0.1) is 0 Å². The van der Waals surface area contributed by atoms with E-state index in [1.807, 2.05) is 13.0 Å². The van der Waals surface area contributed by atoms with Gasteiger partial charge < -0.3 is 0 Å². The van der Waals surface area contributed by atoms with Crippen LogP contribution in [0.5, 0.6) is 0 Å². The lowest BCUT2D eigenvalue weighted by Gasteiger charge is -2.11. The third kappa shape index (κ3) is 3.02. The number of rotatable bonds is 3. The van der Waals surface area contributed by atoms with Gasteiger partial charge >= 0.3 is 0 Å². The number of benzene rings is 2. The van der Waals surface area contributed by atoms with Crippen LogP contribution in [-0.4, -0.2) is 8.42 Å². The Hall–Kier alpha value is -1.39. The number of hydrogen-bond donors (Lipinski definition) is 0. The van der Waals surface area contributed by atoms with E-state index in [2.05, 4.69) is 22.6 Å². The first-order chi connectivity index (χ1) is 9.45. The molecule has 5 heteroatoms. The summed E-state index contributed by atoms with van der Waals surface area (Å²) in [6, 6.07) is 15.4. The summed E-state index contributed by atoms with van der Waals surface area (Å²) in [5.74, 6) is 0. The molecule has 0 aliphatic heterocycles. The highest BCUT2D eigenvalue weighted by molar-refractivity contribution is 14.1. The molecule has 0 radical (unpaired) electrons. The van der Waals surface area contributed by atoms with Crippen molar-refractivity contribution in [1.82, 2.24) is 0 Å². The Bertz CT molecular complexity index is 744. The average Bonchev–Trinajstić information content (AvgIpc) is 2.42. The first-order valence-corrected chi connectivity index (χ1v) is 8.53. The van der Waals surface area contributed by atoms with Crippen molar-refractivity contribution < 1.29 is 8.42 Å². The summed E-state index contributed by atoms with van der Waals surface area (Å²) in [6.45, 7) is 1.89.